The fourth-order valence-electron chi connectivity index (χ4n) is 0.793. The lowest BCUT2D eigenvalue weighted by molar-refractivity contribution is -0.0812. The lowest BCUT2D eigenvalue weighted by Crippen LogP contribution is -2.25. The molecule has 0 saturated heterocycles. The molecule has 0 saturated carbocycles. The molecule has 0 atom stereocenters. The van der Waals surface area contributed by atoms with E-state index >= 15 is 0 Å². The Morgan fingerprint density at radius 2 is 1.57 bits per heavy atom. The van der Waals surface area contributed by atoms with E-state index in [4.69, 9.17) is 20.9 Å². The van der Waals surface area contributed by atoms with Crippen LogP contribution in [0.5, 0.6) is 0 Å². The van der Waals surface area contributed by atoms with Crippen molar-refractivity contribution in [3.05, 3.63) is 0 Å². The molecule has 1 heterocycles. The van der Waals surface area contributed by atoms with Crippen molar-refractivity contribution in [2.24, 2.45) is 0 Å². The molecule has 0 aliphatic rings. The van der Waals surface area contributed by atoms with Gasteiger partial charge < -0.3 is 26.3 Å². The Hall–Kier alpha value is -1.67. The summed E-state index contributed by atoms with van der Waals surface area (Å²) in [5.41, 5.74) is 10.7. The van der Waals surface area contributed by atoms with E-state index in [0.717, 1.165) is 0 Å². The summed E-state index contributed by atoms with van der Waals surface area (Å²) in [6, 6.07) is 0. The summed E-state index contributed by atoms with van der Waals surface area (Å²) >= 11 is 0. The van der Waals surface area contributed by atoms with Crippen molar-refractivity contribution in [3.63, 3.8) is 0 Å². The highest BCUT2D eigenvalue weighted by molar-refractivity contribution is 5.36. The minimum absolute atomic E-state index is 0.0333. The predicted octanol–water partition coefficient (Wildman–Crippen LogP) is -0.976. The topological polar surface area (TPSA) is 121 Å². The van der Waals surface area contributed by atoms with E-state index in [-0.39, 0.29) is 17.8 Å². The van der Waals surface area contributed by atoms with Gasteiger partial charge in [0, 0.05) is 14.2 Å². The Morgan fingerprint density at radius 3 is 2.00 bits per heavy atom. The molecule has 0 bridgehead atoms. The number of anilines is 3. The van der Waals surface area contributed by atoms with Crippen LogP contribution in [0.2, 0.25) is 0 Å². The fourth-order valence-corrected chi connectivity index (χ4v) is 0.793. The van der Waals surface area contributed by atoms with Gasteiger partial charge in [-0.15, -0.1) is 0 Å². The summed E-state index contributed by atoms with van der Waals surface area (Å²) in [7, 11) is 2.93. The molecule has 78 valence electrons. The van der Waals surface area contributed by atoms with E-state index in [0.29, 0.717) is 0 Å². The first-order valence-corrected chi connectivity index (χ1v) is 3.75. The van der Waals surface area contributed by atoms with Crippen LogP contribution in [0.4, 0.5) is 17.8 Å². The molecule has 0 unspecified atom stereocenters. The highest BCUT2D eigenvalue weighted by Crippen LogP contribution is 2.05. The zero-order valence-corrected chi connectivity index (χ0v) is 7.89. The van der Waals surface area contributed by atoms with E-state index in [1.54, 1.807) is 0 Å². The van der Waals surface area contributed by atoms with Crippen molar-refractivity contribution in [2.45, 2.75) is 6.41 Å². The van der Waals surface area contributed by atoms with Gasteiger partial charge in [-0.1, -0.05) is 0 Å². The van der Waals surface area contributed by atoms with Crippen molar-refractivity contribution in [1.82, 2.24) is 15.0 Å². The number of aromatic nitrogens is 3. The van der Waals surface area contributed by atoms with E-state index < -0.39 is 6.41 Å². The number of nitrogen functional groups attached to an aromatic ring is 2. The average Bonchev–Trinajstić information content (AvgIpc) is 2.12. The lowest BCUT2D eigenvalue weighted by Gasteiger charge is -2.14. The van der Waals surface area contributed by atoms with Crippen molar-refractivity contribution in [1.29, 1.82) is 0 Å². The van der Waals surface area contributed by atoms with Crippen LogP contribution >= 0.6 is 0 Å². The minimum atomic E-state index is -0.656. The maximum Gasteiger partial charge on any atom is 0.239 e. The number of nitrogens with two attached hydrogens (primary N) is 2. The van der Waals surface area contributed by atoms with E-state index in [2.05, 4.69) is 20.3 Å². The van der Waals surface area contributed by atoms with Crippen LogP contribution in [-0.4, -0.2) is 35.6 Å². The molecule has 0 spiro atoms. The van der Waals surface area contributed by atoms with Gasteiger partial charge in [0.15, 0.2) is 0 Å². The molecule has 1 aromatic rings. The highest BCUT2D eigenvalue weighted by Gasteiger charge is 2.08. The van der Waals surface area contributed by atoms with Gasteiger partial charge in [0.1, 0.15) is 0 Å². The van der Waals surface area contributed by atoms with Crippen LogP contribution in [0.25, 0.3) is 0 Å². The van der Waals surface area contributed by atoms with Crippen LogP contribution < -0.4 is 16.8 Å². The quantitative estimate of drug-likeness (QED) is 0.530. The summed E-state index contributed by atoms with van der Waals surface area (Å²) in [5.74, 6) is 0.264. The highest BCUT2D eigenvalue weighted by atomic mass is 16.7. The number of hydrogen-bond donors (Lipinski definition) is 3. The smallest absolute Gasteiger partial charge is 0.239 e. The number of hydrogen-bond acceptors (Lipinski definition) is 8. The van der Waals surface area contributed by atoms with Gasteiger partial charge >= 0.3 is 0 Å². The second-order valence-corrected chi connectivity index (χ2v) is 2.32. The summed E-state index contributed by atoms with van der Waals surface area (Å²) in [4.78, 5) is 11.2. The van der Waals surface area contributed by atoms with E-state index in [9.17, 15) is 0 Å². The predicted molar refractivity (Wildman–Crippen MR) is 50.1 cm³/mol. The van der Waals surface area contributed by atoms with Crippen LogP contribution in [-0.2, 0) is 9.47 Å². The number of methoxy groups -OCH3 is 2. The summed E-state index contributed by atoms with van der Waals surface area (Å²) in [6.45, 7) is 0. The van der Waals surface area contributed by atoms with E-state index in [1.807, 2.05) is 0 Å². The Morgan fingerprint density at radius 1 is 1.07 bits per heavy atom. The zero-order valence-electron chi connectivity index (χ0n) is 7.89. The lowest BCUT2D eigenvalue weighted by atomic mass is 10.8. The van der Waals surface area contributed by atoms with E-state index in [1.165, 1.54) is 14.2 Å². The first-order valence-electron chi connectivity index (χ1n) is 3.75. The first kappa shape index (κ1) is 10.4. The second-order valence-electron chi connectivity index (χ2n) is 2.32. The first-order chi connectivity index (χ1) is 6.65. The molecule has 0 amide bonds. The fraction of sp³-hybridized carbons (Fsp3) is 0.500. The molecule has 8 heteroatoms. The largest absolute Gasteiger partial charge is 0.368 e. The van der Waals surface area contributed by atoms with Gasteiger partial charge in [-0.2, -0.15) is 15.0 Å². The summed E-state index contributed by atoms with van der Waals surface area (Å²) < 4.78 is 9.74. The van der Waals surface area contributed by atoms with Crippen molar-refractivity contribution in [3.8, 4) is 0 Å². The SMILES string of the molecule is COC(Nc1nc(N)nc(N)n1)OC. The maximum atomic E-state index is 5.35. The molecule has 0 aromatic carbocycles. The number of ether oxygens (including phenoxy) is 2. The van der Waals surface area contributed by atoms with Gasteiger partial charge in [0.2, 0.25) is 24.3 Å². The van der Waals surface area contributed by atoms with Crippen LogP contribution in [0.3, 0.4) is 0 Å². The summed E-state index contributed by atoms with van der Waals surface area (Å²) in [6.07, 6.45) is -0.656. The molecular weight excluding hydrogens is 188 g/mol. The third-order valence-corrected chi connectivity index (χ3v) is 1.35. The number of nitrogens with zero attached hydrogens (tertiary/aromatic N) is 3. The standard InChI is InChI=1S/C6H12N6O2/c1-13-6(14-2)12-5-10-3(7)9-4(8)11-5/h6H,1-2H3,(H5,7,8,9,10,11,12). The van der Waals surface area contributed by atoms with Gasteiger partial charge in [-0.25, -0.2) is 0 Å². The molecule has 0 fully saturated rings. The Bertz CT molecular complexity index is 282. The van der Waals surface area contributed by atoms with Crippen molar-refractivity contribution < 1.29 is 9.47 Å². The second kappa shape index (κ2) is 4.53. The monoisotopic (exact) mass is 200 g/mol. The Balaban J connectivity index is 2.75. The third kappa shape index (κ3) is 2.68. The molecule has 1 rings (SSSR count). The Kier molecular flexibility index (Phi) is 3.37. The summed E-state index contributed by atoms with van der Waals surface area (Å²) in [5, 5.41) is 2.69. The normalized spacial score (nSPS) is 10.5. The number of nitrogens with one attached hydrogen (secondary N) is 1. The average molecular weight is 200 g/mol. The molecule has 0 radical (unpaired) electrons. The van der Waals surface area contributed by atoms with Gasteiger partial charge in [-0.05, 0) is 0 Å². The maximum absolute atomic E-state index is 5.35. The molecule has 0 aliphatic carbocycles. The van der Waals surface area contributed by atoms with Crippen LogP contribution in [0.15, 0.2) is 0 Å². The molecule has 8 nitrogen and oxygen atoms in total. The van der Waals surface area contributed by atoms with Gasteiger partial charge in [0.25, 0.3) is 0 Å². The van der Waals surface area contributed by atoms with Gasteiger partial charge in [0.05, 0.1) is 0 Å². The molecule has 0 aliphatic heterocycles. The molecule has 1 aromatic heterocycles. The van der Waals surface area contributed by atoms with Crippen molar-refractivity contribution in [2.75, 3.05) is 31.0 Å². The molecule has 14 heavy (non-hydrogen) atoms. The molecule has 5 N–H and O–H groups in total. The third-order valence-electron chi connectivity index (χ3n) is 1.35. The van der Waals surface area contributed by atoms with Gasteiger partial charge in [-0.3, -0.25) is 0 Å². The molecular formula is C6H12N6O2. The van der Waals surface area contributed by atoms with Crippen LogP contribution in [0.1, 0.15) is 0 Å². The van der Waals surface area contributed by atoms with Crippen molar-refractivity contribution >= 4 is 17.8 Å². The van der Waals surface area contributed by atoms with Crippen LogP contribution in [0, 0.1) is 0 Å². The Labute approximate surface area is 80.6 Å². The zero-order chi connectivity index (χ0) is 10.6. The minimum Gasteiger partial charge on any atom is -0.368 e. The number of rotatable bonds is 4.